The molecule has 0 aromatic rings. The van der Waals surface area contributed by atoms with Crippen molar-refractivity contribution >= 4 is 0 Å². The fraction of sp³-hybridized carbons (Fsp3) is 1.00. The molecule has 12 heavy (non-hydrogen) atoms. The lowest BCUT2D eigenvalue weighted by atomic mass is 10.00. The number of rotatable bonds is 1. The fourth-order valence-corrected chi connectivity index (χ4v) is 1.01. The van der Waals surface area contributed by atoms with Crippen LogP contribution in [0.15, 0.2) is 0 Å². The lowest BCUT2D eigenvalue weighted by molar-refractivity contribution is -0.286. The summed E-state index contributed by atoms with van der Waals surface area (Å²) in [4.78, 5) is 0. The number of hydrogen-bond donors (Lipinski definition) is 5. The van der Waals surface area contributed by atoms with Crippen LogP contribution in [0.25, 0.3) is 0 Å². The van der Waals surface area contributed by atoms with E-state index in [1.54, 1.807) is 0 Å². The van der Waals surface area contributed by atoms with E-state index in [0.717, 1.165) is 0 Å². The minimum atomic E-state index is -1.79. The molecule has 5 N–H and O–H groups in total. The lowest BCUT2D eigenvalue weighted by Crippen LogP contribution is -2.58. The number of aliphatic hydroxyl groups is 5. The molecule has 1 aliphatic heterocycles. The molecule has 6 atom stereocenters. The molecule has 0 saturated carbocycles. The Bertz CT molecular complexity index is 177. The Kier molecular flexibility index (Phi) is 2.54. The summed E-state index contributed by atoms with van der Waals surface area (Å²) in [5.41, 5.74) is 0. The Morgan fingerprint density at radius 1 is 1.08 bits per heavy atom. The molecule has 1 heterocycles. The Morgan fingerprint density at radius 3 is 2.17 bits per heavy atom. The molecule has 72 valence electrons. The van der Waals surface area contributed by atoms with Crippen LogP contribution in [0.4, 0.5) is 0 Å². The molecular weight excluding hydrogens is 168 g/mol. The van der Waals surface area contributed by atoms with E-state index in [1.165, 1.54) is 0 Å². The first-order valence-corrected chi connectivity index (χ1v) is 3.43. The Balaban J connectivity index is 2.70. The molecule has 0 aromatic heterocycles. The molecule has 0 aromatic carbocycles. The highest BCUT2D eigenvalue weighted by atomic mass is 16.6. The van der Waals surface area contributed by atoms with E-state index in [4.69, 9.17) is 26.9 Å². The van der Waals surface area contributed by atoms with Crippen molar-refractivity contribution in [2.24, 2.45) is 0 Å². The standard InChI is InChI=1S/C6H12O6/c7-1-2-3(8)4(9)5(10)6(11)12-2/h2-11H,1H2/t2-,3-,4+,5+,6?/m1/s1/i1D/t1?,2-,3-,4+,5+,6?. The molecule has 0 bridgehead atoms. The normalized spacial score (nSPS) is 53.1. The van der Waals surface area contributed by atoms with Crippen molar-refractivity contribution in [1.82, 2.24) is 0 Å². The first-order valence-electron chi connectivity index (χ1n) is 4.01. The van der Waals surface area contributed by atoms with E-state index in [9.17, 15) is 0 Å². The quantitative estimate of drug-likeness (QED) is 0.291. The van der Waals surface area contributed by atoms with Crippen LogP contribution in [0.5, 0.6) is 0 Å². The van der Waals surface area contributed by atoms with Crippen molar-refractivity contribution < 1.29 is 31.6 Å². The maximum absolute atomic E-state index is 9.17. The minimum absolute atomic E-state index is 1.42. The molecule has 0 spiro atoms. The van der Waals surface area contributed by atoms with Crippen LogP contribution in [-0.4, -0.2) is 62.8 Å². The van der Waals surface area contributed by atoms with Gasteiger partial charge in [-0.05, 0) is 0 Å². The maximum Gasteiger partial charge on any atom is 0.184 e. The molecule has 0 radical (unpaired) electrons. The topological polar surface area (TPSA) is 110 Å². The van der Waals surface area contributed by atoms with Gasteiger partial charge in [0, 0.05) is 0 Å². The van der Waals surface area contributed by atoms with Gasteiger partial charge >= 0.3 is 0 Å². The predicted molar refractivity (Wildman–Crippen MR) is 36.0 cm³/mol. The summed E-state index contributed by atoms with van der Waals surface area (Å²) >= 11 is 0. The predicted octanol–water partition coefficient (Wildman–Crippen LogP) is -3.22. The lowest BCUT2D eigenvalue weighted by Gasteiger charge is -2.37. The van der Waals surface area contributed by atoms with Crippen LogP contribution in [0.3, 0.4) is 0 Å². The first kappa shape index (κ1) is 8.36. The van der Waals surface area contributed by atoms with E-state index in [-0.39, 0.29) is 0 Å². The highest BCUT2D eigenvalue weighted by molar-refractivity contribution is 4.87. The molecule has 1 aliphatic rings. The molecule has 1 rings (SSSR count). The van der Waals surface area contributed by atoms with Crippen LogP contribution < -0.4 is 0 Å². The van der Waals surface area contributed by atoms with Gasteiger partial charge < -0.3 is 30.3 Å². The zero-order valence-electron chi connectivity index (χ0n) is 7.11. The summed E-state index contributed by atoms with van der Waals surface area (Å²) in [6, 6.07) is 0. The summed E-state index contributed by atoms with van der Waals surface area (Å²) in [6.45, 7) is -1.79. The Labute approximate surface area is 70.0 Å². The van der Waals surface area contributed by atoms with Crippen molar-refractivity contribution in [3.8, 4) is 0 Å². The van der Waals surface area contributed by atoms with E-state index in [0.29, 0.717) is 0 Å². The number of hydrogen-bond acceptors (Lipinski definition) is 6. The SMILES string of the molecule is [2H]C(O)[C@H]1OC(O)[C@@H](O)[C@@H](O)[C@@H]1O. The second-order valence-electron chi connectivity index (χ2n) is 2.61. The van der Waals surface area contributed by atoms with Crippen molar-refractivity contribution in [1.29, 1.82) is 0 Å². The average molecular weight is 181 g/mol. The van der Waals surface area contributed by atoms with Gasteiger partial charge in [0.05, 0.1) is 7.95 Å². The van der Waals surface area contributed by atoms with Crippen LogP contribution in [0.1, 0.15) is 1.37 Å². The smallest absolute Gasteiger partial charge is 0.184 e. The third kappa shape index (κ3) is 1.58. The van der Waals surface area contributed by atoms with Gasteiger partial charge in [-0.1, -0.05) is 0 Å². The van der Waals surface area contributed by atoms with Gasteiger partial charge in [-0.3, -0.25) is 0 Å². The maximum atomic E-state index is 9.17. The van der Waals surface area contributed by atoms with Gasteiger partial charge in [0.2, 0.25) is 0 Å². The van der Waals surface area contributed by atoms with E-state index >= 15 is 0 Å². The van der Waals surface area contributed by atoms with Crippen LogP contribution in [0.2, 0.25) is 0 Å². The molecule has 1 fully saturated rings. The zero-order chi connectivity index (χ0) is 10.2. The monoisotopic (exact) mass is 181 g/mol. The molecule has 6 heteroatoms. The van der Waals surface area contributed by atoms with Gasteiger partial charge in [-0.15, -0.1) is 0 Å². The third-order valence-electron chi connectivity index (χ3n) is 1.77. The summed E-state index contributed by atoms with van der Waals surface area (Å²) in [6.07, 6.45) is -7.98. The van der Waals surface area contributed by atoms with Crippen LogP contribution in [0, 0.1) is 0 Å². The van der Waals surface area contributed by atoms with Crippen molar-refractivity contribution in [2.45, 2.75) is 30.7 Å². The Morgan fingerprint density at radius 2 is 1.67 bits per heavy atom. The van der Waals surface area contributed by atoms with Gasteiger partial charge in [0.25, 0.3) is 0 Å². The largest absolute Gasteiger partial charge is 0.394 e. The minimum Gasteiger partial charge on any atom is -0.394 e. The van der Waals surface area contributed by atoms with Crippen LogP contribution in [-0.2, 0) is 4.74 Å². The van der Waals surface area contributed by atoms with Gasteiger partial charge in [0.1, 0.15) is 24.4 Å². The second-order valence-corrected chi connectivity index (χ2v) is 2.61. The Hall–Kier alpha value is -0.240. The second kappa shape index (κ2) is 3.65. The zero-order valence-corrected chi connectivity index (χ0v) is 6.11. The van der Waals surface area contributed by atoms with Crippen molar-refractivity contribution in [2.75, 3.05) is 6.58 Å². The molecule has 0 aliphatic carbocycles. The molecule has 6 nitrogen and oxygen atoms in total. The fourth-order valence-electron chi connectivity index (χ4n) is 1.01. The van der Waals surface area contributed by atoms with Gasteiger partial charge in [-0.2, -0.15) is 0 Å². The van der Waals surface area contributed by atoms with Gasteiger partial charge in [0.15, 0.2) is 6.29 Å². The van der Waals surface area contributed by atoms with E-state index in [2.05, 4.69) is 4.74 Å². The van der Waals surface area contributed by atoms with Gasteiger partial charge in [-0.25, -0.2) is 0 Å². The molecule has 1 saturated heterocycles. The van der Waals surface area contributed by atoms with Crippen LogP contribution >= 0.6 is 0 Å². The molecular formula is C6H12O6. The highest BCUT2D eigenvalue weighted by Crippen LogP contribution is 2.18. The van der Waals surface area contributed by atoms with E-state index < -0.39 is 37.3 Å². The number of ether oxygens (including phenoxy) is 1. The summed E-state index contributed by atoms with van der Waals surface area (Å²) in [5, 5.41) is 45.0. The third-order valence-corrected chi connectivity index (χ3v) is 1.77. The van der Waals surface area contributed by atoms with Crippen molar-refractivity contribution in [3.05, 3.63) is 0 Å². The number of aliphatic hydroxyl groups excluding tert-OH is 5. The molecule has 2 unspecified atom stereocenters. The summed E-state index contributed by atoms with van der Waals surface area (Å²) in [7, 11) is 0. The average Bonchev–Trinajstić information content (AvgIpc) is 2.07. The first-order chi connectivity index (χ1) is 5.95. The molecule has 0 amide bonds. The highest BCUT2D eigenvalue weighted by Gasteiger charge is 2.42. The summed E-state index contributed by atoms with van der Waals surface area (Å²) in [5.74, 6) is 0. The summed E-state index contributed by atoms with van der Waals surface area (Å²) < 4.78 is 11.3. The van der Waals surface area contributed by atoms with E-state index in [1.807, 2.05) is 0 Å². The van der Waals surface area contributed by atoms with Crippen molar-refractivity contribution in [3.63, 3.8) is 0 Å².